The maximum absolute atomic E-state index is 13.0. The summed E-state index contributed by atoms with van der Waals surface area (Å²) < 4.78 is 2.04. The number of carbonyl (C=O) groups is 1. The van der Waals surface area contributed by atoms with Crippen LogP contribution in [0.4, 0.5) is 5.69 Å². The van der Waals surface area contributed by atoms with Crippen LogP contribution >= 0.6 is 0 Å². The third-order valence-electron chi connectivity index (χ3n) is 6.52. The number of aryl methyl sites for hydroxylation is 1. The lowest BCUT2D eigenvalue weighted by atomic mass is 9.71. The molecule has 2 aliphatic heterocycles. The van der Waals surface area contributed by atoms with Crippen LogP contribution in [0.2, 0.25) is 0 Å². The van der Waals surface area contributed by atoms with Gasteiger partial charge in [0, 0.05) is 58.4 Å². The maximum atomic E-state index is 13.0. The molecule has 156 valence electrons. The zero-order chi connectivity index (χ0) is 20.4. The first-order valence-electron chi connectivity index (χ1n) is 10.4. The minimum atomic E-state index is -0.323. The van der Waals surface area contributed by atoms with E-state index in [1.807, 2.05) is 60.2 Å². The molecule has 2 aromatic rings. The molecular formula is C22H31N5O2. The van der Waals surface area contributed by atoms with Gasteiger partial charge in [-0.15, -0.1) is 0 Å². The van der Waals surface area contributed by atoms with Crippen LogP contribution in [0.1, 0.15) is 35.4 Å². The van der Waals surface area contributed by atoms with Crippen molar-refractivity contribution in [3.05, 3.63) is 48.0 Å². The van der Waals surface area contributed by atoms with E-state index in [2.05, 4.69) is 15.2 Å². The van der Waals surface area contributed by atoms with E-state index in [1.165, 1.54) is 0 Å². The molecule has 0 radical (unpaired) electrons. The first kappa shape index (κ1) is 19.9. The average Bonchev–Trinajstić information content (AvgIpc) is 3.12. The number of imidazole rings is 1. The van der Waals surface area contributed by atoms with Crippen molar-refractivity contribution in [2.75, 3.05) is 38.5 Å². The molecule has 1 aromatic heterocycles. The quantitative estimate of drug-likeness (QED) is 0.825. The fourth-order valence-electron chi connectivity index (χ4n) is 4.94. The summed E-state index contributed by atoms with van der Waals surface area (Å²) in [5.41, 5.74) is 1.67. The van der Waals surface area contributed by atoms with Gasteiger partial charge in [0.15, 0.2) is 0 Å². The van der Waals surface area contributed by atoms with Gasteiger partial charge >= 0.3 is 0 Å². The van der Waals surface area contributed by atoms with E-state index in [0.717, 1.165) is 62.5 Å². The molecule has 1 aromatic carbocycles. The normalized spacial score (nSPS) is 22.0. The minimum Gasteiger partial charge on any atom is -0.392 e. The summed E-state index contributed by atoms with van der Waals surface area (Å²) in [5.74, 6) is 1.11. The number of aliphatic hydroxyl groups excluding tert-OH is 1. The number of para-hydroxylation sites is 1. The van der Waals surface area contributed by atoms with E-state index in [1.54, 1.807) is 0 Å². The highest BCUT2D eigenvalue weighted by atomic mass is 16.3. The molecular weight excluding hydrogens is 366 g/mol. The molecule has 0 saturated carbocycles. The number of hydrogen-bond acceptors (Lipinski definition) is 5. The Morgan fingerprint density at radius 1 is 1.31 bits per heavy atom. The fraction of sp³-hybridized carbons (Fsp3) is 0.545. The van der Waals surface area contributed by atoms with Crippen molar-refractivity contribution in [1.82, 2.24) is 19.4 Å². The molecule has 1 amide bonds. The van der Waals surface area contributed by atoms with Gasteiger partial charge in [0.1, 0.15) is 5.82 Å². The highest BCUT2D eigenvalue weighted by Crippen LogP contribution is 2.40. The van der Waals surface area contributed by atoms with Crippen molar-refractivity contribution >= 4 is 11.6 Å². The monoisotopic (exact) mass is 397 g/mol. The van der Waals surface area contributed by atoms with Gasteiger partial charge < -0.3 is 19.9 Å². The first-order valence-corrected chi connectivity index (χ1v) is 10.4. The first-order chi connectivity index (χ1) is 14.0. The molecule has 29 heavy (non-hydrogen) atoms. The Labute approximate surface area is 172 Å². The highest BCUT2D eigenvalue weighted by molar-refractivity contribution is 5.99. The average molecular weight is 398 g/mol. The summed E-state index contributed by atoms with van der Waals surface area (Å²) in [6.07, 6.45) is 6.12. The van der Waals surface area contributed by atoms with Crippen molar-refractivity contribution in [2.45, 2.75) is 31.9 Å². The number of piperidine rings is 2. The lowest BCUT2D eigenvalue weighted by molar-refractivity contribution is -0.0413. The molecule has 7 heteroatoms. The summed E-state index contributed by atoms with van der Waals surface area (Å²) in [5, 5.41) is 13.7. The predicted molar refractivity (Wildman–Crippen MR) is 113 cm³/mol. The lowest BCUT2D eigenvalue weighted by Gasteiger charge is -2.49. The van der Waals surface area contributed by atoms with E-state index in [4.69, 9.17) is 0 Å². The second-order valence-electron chi connectivity index (χ2n) is 8.57. The van der Waals surface area contributed by atoms with Crippen molar-refractivity contribution < 1.29 is 9.90 Å². The van der Waals surface area contributed by atoms with E-state index < -0.39 is 0 Å². The van der Waals surface area contributed by atoms with Crippen LogP contribution in [0, 0.1) is 5.41 Å². The number of anilines is 1. The molecule has 2 saturated heterocycles. The number of amides is 1. The zero-order valence-corrected chi connectivity index (χ0v) is 17.3. The van der Waals surface area contributed by atoms with Crippen LogP contribution in [0.25, 0.3) is 0 Å². The highest BCUT2D eigenvalue weighted by Gasteiger charge is 2.42. The summed E-state index contributed by atoms with van der Waals surface area (Å²) >= 11 is 0. The van der Waals surface area contributed by atoms with Crippen LogP contribution in [0.15, 0.2) is 36.7 Å². The van der Waals surface area contributed by atoms with E-state index in [0.29, 0.717) is 6.54 Å². The fourth-order valence-corrected chi connectivity index (χ4v) is 4.94. The Morgan fingerprint density at radius 2 is 2.07 bits per heavy atom. The third kappa shape index (κ3) is 4.16. The Hall–Kier alpha value is -2.38. The standard InChI is InChI=1S/C22H31N5O2/c1-23-19-6-4-3-5-18(19)21(29)27-10-7-22(8-11-27)13-17(28)14-26(16-22)15-20-24-9-12-25(20)2/h3-6,9,12,17,23,28H,7-8,10-11,13-16H2,1-2H3. The second kappa shape index (κ2) is 8.16. The van der Waals surface area contributed by atoms with Crippen molar-refractivity contribution in [3.63, 3.8) is 0 Å². The van der Waals surface area contributed by atoms with Crippen LogP contribution in [0.3, 0.4) is 0 Å². The molecule has 1 atom stereocenters. The third-order valence-corrected chi connectivity index (χ3v) is 6.52. The molecule has 3 heterocycles. The molecule has 7 nitrogen and oxygen atoms in total. The van der Waals surface area contributed by atoms with Crippen molar-refractivity contribution in [1.29, 1.82) is 0 Å². The van der Waals surface area contributed by atoms with Gasteiger partial charge in [-0.2, -0.15) is 0 Å². The summed E-state index contributed by atoms with van der Waals surface area (Å²) in [6.45, 7) is 3.86. The van der Waals surface area contributed by atoms with Crippen LogP contribution in [-0.2, 0) is 13.6 Å². The summed E-state index contributed by atoms with van der Waals surface area (Å²) in [7, 11) is 3.85. The van der Waals surface area contributed by atoms with E-state index in [9.17, 15) is 9.90 Å². The number of carbonyl (C=O) groups excluding carboxylic acids is 1. The molecule has 1 unspecified atom stereocenters. The van der Waals surface area contributed by atoms with Gasteiger partial charge in [0.2, 0.25) is 0 Å². The van der Waals surface area contributed by atoms with E-state index in [-0.39, 0.29) is 17.4 Å². The molecule has 2 aliphatic rings. The van der Waals surface area contributed by atoms with Gasteiger partial charge in [0.05, 0.1) is 18.2 Å². The largest absolute Gasteiger partial charge is 0.392 e. The molecule has 4 rings (SSSR count). The number of likely N-dealkylation sites (tertiary alicyclic amines) is 2. The maximum Gasteiger partial charge on any atom is 0.255 e. The number of β-amino-alcohol motifs (C(OH)–C–C–N with tert-alkyl or cyclic N) is 1. The number of nitrogens with one attached hydrogen (secondary N) is 1. The van der Waals surface area contributed by atoms with Gasteiger partial charge in [0.25, 0.3) is 5.91 Å². The molecule has 0 bridgehead atoms. The topological polar surface area (TPSA) is 73.6 Å². The SMILES string of the molecule is CNc1ccccc1C(=O)N1CCC2(CC1)CC(O)CN(Cc1nccn1C)C2. The van der Waals surface area contributed by atoms with E-state index >= 15 is 0 Å². The summed E-state index contributed by atoms with van der Waals surface area (Å²) in [4.78, 5) is 21.8. The molecule has 2 fully saturated rings. The number of benzene rings is 1. The van der Waals surface area contributed by atoms with Gasteiger partial charge in [-0.3, -0.25) is 9.69 Å². The van der Waals surface area contributed by atoms with Crippen molar-refractivity contribution in [2.24, 2.45) is 12.5 Å². The van der Waals surface area contributed by atoms with Gasteiger partial charge in [-0.05, 0) is 36.8 Å². The number of rotatable bonds is 4. The Bertz CT molecular complexity index is 856. The Morgan fingerprint density at radius 3 is 2.76 bits per heavy atom. The number of nitrogens with zero attached hydrogens (tertiary/aromatic N) is 4. The minimum absolute atomic E-state index is 0.0716. The number of aliphatic hydroxyl groups is 1. The number of aromatic nitrogens is 2. The van der Waals surface area contributed by atoms with Crippen molar-refractivity contribution in [3.8, 4) is 0 Å². The predicted octanol–water partition coefficient (Wildman–Crippen LogP) is 1.95. The summed E-state index contributed by atoms with van der Waals surface area (Å²) in [6, 6.07) is 7.67. The number of hydrogen-bond donors (Lipinski definition) is 2. The second-order valence-corrected chi connectivity index (χ2v) is 8.57. The van der Waals surface area contributed by atoms with Crippen LogP contribution in [0.5, 0.6) is 0 Å². The smallest absolute Gasteiger partial charge is 0.255 e. The molecule has 2 N–H and O–H groups in total. The Kier molecular flexibility index (Phi) is 5.61. The Balaban J connectivity index is 1.42. The van der Waals surface area contributed by atoms with Gasteiger partial charge in [-0.25, -0.2) is 4.98 Å². The zero-order valence-electron chi connectivity index (χ0n) is 17.3. The molecule has 1 spiro atoms. The van der Waals surface area contributed by atoms with Crippen LogP contribution < -0.4 is 5.32 Å². The molecule has 0 aliphatic carbocycles. The lowest BCUT2D eigenvalue weighted by Crippen LogP contribution is -2.54. The van der Waals surface area contributed by atoms with Crippen LogP contribution in [-0.4, -0.2) is 69.7 Å². The van der Waals surface area contributed by atoms with Gasteiger partial charge in [-0.1, -0.05) is 12.1 Å².